The molecule has 0 spiro atoms. The summed E-state index contributed by atoms with van der Waals surface area (Å²) >= 11 is 0. The van der Waals surface area contributed by atoms with E-state index >= 15 is 0 Å². The summed E-state index contributed by atoms with van der Waals surface area (Å²) in [4.78, 5) is 16.4. The lowest BCUT2D eigenvalue weighted by Crippen LogP contribution is -2.30. The number of nitrogens with one attached hydrogen (secondary N) is 2. The van der Waals surface area contributed by atoms with Crippen molar-refractivity contribution in [1.82, 2.24) is 4.72 Å². The average Bonchev–Trinajstić information content (AvgIpc) is 2.81. The number of amidine groups is 1. The number of carbonyl (C=O) groups excluding carboxylic acids is 1. The van der Waals surface area contributed by atoms with E-state index in [2.05, 4.69) is 28.9 Å². The van der Waals surface area contributed by atoms with Crippen molar-refractivity contribution in [2.24, 2.45) is 10.9 Å². The molecule has 0 fully saturated rings. The van der Waals surface area contributed by atoms with Gasteiger partial charge in [0.1, 0.15) is 5.84 Å². The summed E-state index contributed by atoms with van der Waals surface area (Å²) < 4.78 is 27.7. The number of aliphatic imine (C=N–C) groups is 1. The molecule has 1 amide bonds. The Hall–Kier alpha value is -1.89. The van der Waals surface area contributed by atoms with Crippen LogP contribution in [0.5, 0.6) is 0 Å². The lowest BCUT2D eigenvalue weighted by molar-refractivity contribution is -0.116. The number of nitrogens with zero attached hydrogens (tertiary/aromatic N) is 1. The molecule has 25 heavy (non-hydrogen) atoms. The first kappa shape index (κ1) is 19.4. The molecule has 0 atom stereocenters. The van der Waals surface area contributed by atoms with Gasteiger partial charge in [-0.2, -0.15) is 0 Å². The van der Waals surface area contributed by atoms with Gasteiger partial charge in [0.25, 0.3) is 10.0 Å². The van der Waals surface area contributed by atoms with Gasteiger partial charge in [0, 0.05) is 25.1 Å². The number of sulfonamides is 1. The first-order chi connectivity index (χ1) is 11.9. The molecule has 2 rings (SSSR count). The van der Waals surface area contributed by atoms with E-state index in [0.29, 0.717) is 36.8 Å². The van der Waals surface area contributed by atoms with Crippen LogP contribution in [-0.2, 0) is 14.8 Å². The smallest absolute Gasteiger partial charge is 0.262 e. The molecule has 0 aromatic heterocycles. The zero-order chi connectivity index (χ0) is 18.3. The van der Waals surface area contributed by atoms with Gasteiger partial charge in [0.05, 0.1) is 4.90 Å². The van der Waals surface area contributed by atoms with Crippen molar-refractivity contribution in [2.45, 2.75) is 57.3 Å². The van der Waals surface area contributed by atoms with E-state index in [0.717, 1.165) is 25.7 Å². The van der Waals surface area contributed by atoms with Crippen molar-refractivity contribution in [2.75, 3.05) is 11.9 Å². The average molecular weight is 365 g/mol. The lowest BCUT2D eigenvalue weighted by Gasteiger charge is -2.11. The number of rotatable bonds is 6. The molecule has 2 N–H and O–H groups in total. The van der Waals surface area contributed by atoms with Crippen molar-refractivity contribution >= 4 is 27.5 Å². The third-order valence-corrected chi connectivity index (χ3v) is 5.38. The highest BCUT2D eigenvalue weighted by molar-refractivity contribution is 7.90. The van der Waals surface area contributed by atoms with Gasteiger partial charge in [-0.25, -0.2) is 8.42 Å². The first-order valence-corrected chi connectivity index (χ1v) is 10.3. The van der Waals surface area contributed by atoms with Crippen molar-refractivity contribution in [3.05, 3.63) is 24.3 Å². The van der Waals surface area contributed by atoms with E-state index in [4.69, 9.17) is 0 Å². The Morgan fingerprint density at radius 2 is 2.04 bits per heavy atom. The van der Waals surface area contributed by atoms with Gasteiger partial charge in [0.15, 0.2) is 0 Å². The minimum Gasteiger partial charge on any atom is -0.326 e. The Morgan fingerprint density at radius 1 is 1.24 bits per heavy atom. The zero-order valence-electron chi connectivity index (χ0n) is 14.9. The largest absolute Gasteiger partial charge is 0.326 e. The molecule has 1 heterocycles. The third-order valence-electron chi connectivity index (χ3n) is 4.00. The van der Waals surface area contributed by atoms with E-state index < -0.39 is 10.0 Å². The van der Waals surface area contributed by atoms with Crippen LogP contribution in [0.4, 0.5) is 5.69 Å². The van der Waals surface area contributed by atoms with Crippen molar-refractivity contribution < 1.29 is 13.2 Å². The van der Waals surface area contributed by atoms with Crippen LogP contribution < -0.4 is 10.0 Å². The second kappa shape index (κ2) is 8.99. The molecule has 0 bridgehead atoms. The van der Waals surface area contributed by atoms with Gasteiger partial charge in [-0.05, 0) is 43.4 Å². The Morgan fingerprint density at radius 3 is 2.80 bits per heavy atom. The molecule has 7 heteroatoms. The van der Waals surface area contributed by atoms with Crippen molar-refractivity contribution in [3.8, 4) is 0 Å². The van der Waals surface area contributed by atoms with Crippen LogP contribution in [0.1, 0.15) is 52.4 Å². The van der Waals surface area contributed by atoms with Crippen molar-refractivity contribution in [3.63, 3.8) is 0 Å². The number of anilines is 1. The first-order valence-electron chi connectivity index (χ1n) is 8.83. The van der Waals surface area contributed by atoms with E-state index in [1.54, 1.807) is 12.1 Å². The van der Waals surface area contributed by atoms with Gasteiger partial charge >= 0.3 is 0 Å². The highest BCUT2D eigenvalue weighted by Gasteiger charge is 2.18. The number of amides is 1. The third kappa shape index (κ3) is 6.49. The van der Waals surface area contributed by atoms with Gasteiger partial charge in [-0.3, -0.25) is 14.5 Å². The molecular weight excluding hydrogens is 338 g/mol. The second-order valence-corrected chi connectivity index (χ2v) is 8.44. The molecule has 0 saturated carbocycles. The zero-order valence-corrected chi connectivity index (χ0v) is 15.7. The number of hydrogen-bond donors (Lipinski definition) is 2. The fraction of sp³-hybridized carbons (Fsp3) is 0.556. The normalized spacial score (nSPS) is 15.4. The number of carbonyl (C=O) groups is 1. The summed E-state index contributed by atoms with van der Waals surface area (Å²) in [6.07, 6.45) is 4.85. The fourth-order valence-corrected chi connectivity index (χ4v) is 3.69. The number of benzene rings is 1. The number of hydrogen-bond acceptors (Lipinski definition) is 4. The van der Waals surface area contributed by atoms with Crippen LogP contribution in [-0.4, -0.2) is 26.7 Å². The predicted octanol–water partition coefficient (Wildman–Crippen LogP) is 3.31. The van der Waals surface area contributed by atoms with Crippen molar-refractivity contribution in [1.29, 1.82) is 0 Å². The highest BCUT2D eigenvalue weighted by atomic mass is 32.2. The second-order valence-electron chi connectivity index (χ2n) is 6.75. The molecule has 0 unspecified atom stereocenters. The molecule has 138 valence electrons. The maximum atomic E-state index is 12.6. The standard InChI is InChI=1S/C18H27N3O3S/c1-14(2)10-11-18(22)20-15-7-6-8-16(13-15)25(23,24)21-17-9-4-3-5-12-19-17/h6-8,13-14H,3-5,9-12H2,1-2H3,(H,19,21)(H,20,22). The van der Waals surface area contributed by atoms with Gasteiger partial charge in [0.2, 0.25) is 5.91 Å². The van der Waals surface area contributed by atoms with Gasteiger partial charge < -0.3 is 5.32 Å². The predicted molar refractivity (Wildman–Crippen MR) is 100 cm³/mol. The molecule has 0 aliphatic carbocycles. The minimum absolute atomic E-state index is 0.107. The molecule has 0 saturated heterocycles. The van der Waals surface area contributed by atoms with E-state index in [1.165, 1.54) is 12.1 Å². The van der Waals surface area contributed by atoms with E-state index in [1.807, 2.05) is 0 Å². The minimum atomic E-state index is -3.69. The summed E-state index contributed by atoms with van der Waals surface area (Å²) in [5.74, 6) is 0.857. The van der Waals surface area contributed by atoms with E-state index in [9.17, 15) is 13.2 Å². The summed E-state index contributed by atoms with van der Waals surface area (Å²) in [6, 6.07) is 6.31. The molecule has 0 radical (unpaired) electrons. The van der Waals surface area contributed by atoms with Crippen LogP contribution in [0.15, 0.2) is 34.2 Å². The molecular formula is C18H27N3O3S. The molecule has 6 nitrogen and oxygen atoms in total. The lowest BCUT2D eigenvalue weighted by atomic mass is 10.1. The topological polar surface area (TPSA) is 87.6 Å². The SMILES string of the molecule is CC(C)CCC(=O)Nc1cccc(S(=O)(=O)NC2=NCCCCC2)c1. The maximum absolute atomic E-state index is 12.6. The van der Waals surface area contributed by atoms with Crippen LogP contribution >= 0.6 is 0 Å². The Kier molecular flexibility index (Phi) is 6.99. The molecule has 1 aliphatic heterocycles. The van der Waals surface area contributed by atoms with Crippen LogP contribution in [0.2, 0.25) is 0 Å². The highest BCUT2D eigenvalue weighted by Crippen LogP contribution is 2.17. The van der Waals surface area contributed by atoms with E-state index in [-0.39, 0.29) is 10.8 Å². The van der Waals surface area contributed by atoms with Gasteiger partial charge in [-0.1, -0.05) is 26.3 Å². The summed E-state index contributed by atoms with van der Waals surface area (Å²) in [5, 5.41) is 2.76. The van der Waals surface area contributed by atoms with Crippen LogP contribution in [0, 0.1) is 5.92 Å². The molecule has 1 aromatic rings. The quantitative estimate of drug-likeness (QED) is 0.811. The summed E-state index contributed by atoms with van der Waals surface area (Å²) in [5.41, 5.74) is 0.486. The maximum Gasteiger partial charge on any atom is 0.262 e. The molecule has 1 aromatic carbocycles. The fourth-order valence-electron chi connectivity index (χ4n) is 2.56. The van der Waals surface area contributed by atoms with Crippen LogP contribution in [0.25, 0.3) is 0 Å². The van der Waals surface area contributed by atoms with Gasteiger partial charge in [-0.15, -0.1) is 0 Å². The summed E-state index contributed by atoms with van der Waals surface area (Å²) in [7, 11) is -3.69. The Balaban J connectivity index is 2.06. The Bertz CT molecular complexity index is 727. The summed E-state index contributed by atoms with van der Waals surface area (Å²) in [6.45, 7) is 4.77. The molecule has 1 aliphatic rings. The monoisotopic (exact) mass is 365 g/mol. The van der Waals surface area contributed by atoms with Crippen LogP contribution in [0.3, 0.4) is 0 Å². The Labute approximate surface area is 150 Å².